The van der Waals surface area contributed by atoms with Crippen LogP contribution in [0, 0.1) is 0 Å². The summed E-state index contributed by atoms with van der Waals surface area (Å²) < 4.78 is 6.93. The molecule has 0 fully saturated rings. The summed E-state index contributed by atoms with van der Waals surface area (Å²) in [6, 6.07) is 1.58. The van der Waals surface area contributed by atoms with E-state index in [1.807, 2.05) is 0 Å². The summed E-state index contributed by atoms with van der Waals surface area (Å²) >= 11 is 3.13. The van der Waals surface area contributed by atoms with Crippen molar-refractivity contribution in [3.05, 3.63) is 34.7 Å². The number of carbonyl (C=O) groups excluding carboxylic acids is 1. The molecule has 0 aliphatic heterocycles. The molecule has 0 aliphatic rings. The van der Waals surface area contributed by atoms with Crippen molar-refractivity contribution in [1.82, 2.24) is 14.8 Å². The summed E-state index contributed by atoms with van der Waals surface area (Å²) in [4.78, 5) is 11.8. The van der Waals surface area contributed by atoms with Crippen molar-refractivity contribution in [2.75, 3.05) is 0 Å². The Hall–Kier alpha value is -1.43. The SMILES string of the molecule is Cn1cnnc1C(=O)c1ccoc1Br. The minimum atomic E-state index is -0.217. The highest BCUT2D eigenvalue weighted by Crippen LogP contribution is 2.19. The molecule has 2 aromatic rings. The summed E-state index contributed by atoms with van der Waals surface area (Å²) in [5.74, 6) is 0.0673. The Morgan fingerprint density at radius 3 is 2.93 bits per heavy atom. The zero-order chi connectivity index (χ0) is 10.1. The van der Waals surface area contributed by atoms with Crippen molar-refractivity contribution in [3.8, 4) is 0 Å². The Morgan fingerprint density at radius 1 is 1.64 bits per heavy atom. The van der Waals surface area contributed by atoms with Gasteiger partial charge in [-0.15, -0.1) is 10.2 Å². The fraction of sp³-hybridized carbons (Fsp3) is 0.125. The monoisotopic (exact) mass is 255 g/mol. The molecule has 72 valence electrons. The largest absolute Gasteiger partial charge is 0.457 e. The van der Waals surface area contributed by atoms with Crippen molar-refractivity contribution in [2.45, 2.75) is 0 Å². The molecule has 2 rings (SSSR count). The Bertz CT molecular complexity index is 432. The molecule has 0 radical (unpaired) electrons. The van der Waals surface area contributed by atoms with Crippen molar-refractivity contribution >= 4 is 21.7 Å². The number of furan rings is 1. The molecule has 2 heterocycles. The van der Waals surface area contributed by atoms with Crippen LogP contribution in [0.5, 0.6) is 0 Å². The highest BCUT2D eigenvalue weighted by molar-refractivity contribution is 9.10. The van der Waals surface area contributed by atoms with E-state index in [1.54, 1.807) is 17.7 Å². The zero-order valence-corrected chi connectivity index (χ0v) is 8.85. The van der Waals surface area contributed by atoms with Gasteiger partial charge in [-0.05, 0) is 22.0 Å². The summed E-state index contributed by atoms with van der Waals surface area (Å²) in [5, 5.41) is 7.34. The number of aryl methyl sites for hydroxylation is 1. The number of rotatable bonds is 2. The van der Waals surface area contributed by atoms with E-state index in [1.165, 1.54) is 12.6 Å². The highest BCUT2D eigenvalue weighted by atomic mass is 79.9. The lowest BCUT2D eigenvalue weighted by molar-refractivity contribution is 0.102. The number of carbonyl (C=O) groups is 1. The summed E-state index contributed by atoms with van der Waals surface area (Å²) in [6.07, 6.45) is 2.91. The van der Waals surface area contributed by atoms with Gasteiger partial charge in [-0.3, -0.25) is 4.79 Å². The predicted octanol–water partition coefficient (Wildman–Crippen LogP) is 1.40. The molecule has 14 heavy (non-hydrogen) atoms. The van der Waals surface area contributed by atoms with Crippen LogP contribution in [-0.2, 0) is 7.05 Å². The number of aromatic nitrogens is 3. The number of hydrogen-bond acceptors (Lipinski definition) is 4. The quantitative estimate of drug-likeness (QED) is 0.762. The number of nitrogens with zero attached hydrogens (tertiary/aromatic N) is 3. The Morgan fingerprint density at radius 2 is 2.43 bits per heavy atom. The average Bonchev–Trinajstić information content (AvgIpc) is 2.73. The zero-order valence-electron chi connectivity index (χ0n) is 7.27. The van der Waals surface area contributed by atoms with Gasteiger partial charge in [0.15, 0.2) is 4.67 Å². The lowest BCUT2D eigenvalue weighted by Gasteiger charge is -1.96. The van der Waals surface area contributed by atoms with Crippen LogP contribution in [0.25, 0.3) is 0 Å². The molecular formula is C8H6BrN3O2. The fourth-order valence-electron chi connectivity index (χ4n) is 1.06. The second-order valence-corrected chi connectivity index (χ2v) is 3.42. The first-order valence-electron chi connectivity index (χ1n) is 3.82. The van der Waals surface area contributed by atoms with Gasteiger partial charge < -0.3 is 8.98 Å². The topological polar surface area (TPSA) is 60.9 Å². The van der Waals surface area contributed by atoms with E-state index in [2.05, 4.69) is 26.1 Å². The van der Waals surface area contributed by atoms with E-state index >= 15 is 0 Å². The third-order valence-electron chi connectivity index (χ3n) is 1.78. The molecular weight excluding hydrogens is 250 g/mol. The Labute approximate surface area is 87.9 Å². The minimum Gasteiger partial charge on any atom is -0.457 e. The lowest BCUT2D eigenvalue weighted by atomic mass is 10.2. The molecule has 0 amide bonds. The van der Waals surface area contributed by atoms with Crippen LogP contribution in [0.4, 0.5) is 0 Å². The van der Waals surface area contributed by atoms with Gasteiger partial charge in [0.1, 0.15) is 6.33 Å². The predicted molar refractivity (Wildman–Crippen MR) is 50.8 cm³/mol. The molecule has 0 aromatic carbocycles. The third kappa shape index (κ3) is 1.37. The summed E-state index contributed by atoms with van der Waals surface area (Å²) in [5.41, 5.74) is 0.445. The molecule has 0 bridgehead atoms. The van der Waals surface area contributed by atoms with E-state index in [4.69, 9.17) is 4.42 Å². The standard InChI is InChI=1S/C8H6BrN3O2/c1-12-4-10-11-8(12)6(13)5-2-3-14-7(5)9/h2-4H,1H3. The van der Waals surface area contributed by atoms with Gasteiger partial charge in [0.25, 0.3) is 0 Å². The van der Waals surface area contributed by atoms with Crippen LogP contribution in [0.2, 0.25) is 0 Å². The van der Waals surface area contributed by atoms with E-state index < -0.39 is 0 Å². The Kier molecular flexibility index (Phi) is 2.20. The van der Waals surface area contributed by atoms with Crippen molar-refractivity contribution in [3.63, 3.8) is 0 Å². The molecule has 0 saturated heterocycles. The van der Waals surface area contributed by atoms with Gasteiger partial charge in [0.05, 0.1) is 11.8 Å². The second kappa shape index (κ2) is 3.38. The van der Waals surface area contributed by atoms with Crippen LogP contribution in [0.1, 0.15) is 16.2 Å². The van der Waals surface area contributed by atoms with E-state index in [0.29, 0.717) is 10.2 Å². The molecule has 0 atom stereocenters. The van der Waals surface area contributed by atoms with Crippen LogP contribution >= 0.6 is 15.9 Å². The average molecular weight is 256 g/mol. The number of halogens is 1. The summed E-state index contributed by atoms with van der Waals surface area (Å²) in [7, 11) is 1.71. The second-order valence-electron chi connectivity index (χ2n) is 2.70. The number of ketones is 1. The number of hydrogen-bond donors (Lipinski definition) is 0. The van der Waals surface area contributed by atoms with Gasteiger partial charge in [0.2, 0.25) is 11.6 Å². The maximum absolute atomic E-state index is 11.8. The lowest BCUT2D eigenvalue weighted by Crippen LogP contribution is -2.08. The van der Waals surface area contributed by atoms with E-state index in [9.17, 15) is 4.79 Å². The van der Waals surface area contributed by atoms with Gasteiger partial charge in [-0.1, -0.05) is 0 Å². The smallest absolute Gasteiger partial charge is 0.234 e. The van der Waals surface area contributed by atoms with Crippen molar-refractivity contribution < 1.29 is 9.21 Å². The van der Waals surface area contributed by atoms with Crippen LogP contribution in [-0.4, -0.2) is 20.5 Å². The first kappa shape index (κ1) is 9.14. The molecule has 0 saturated carbocycles. The fourth-order valence-corrected chi connectivity index (χ4v) is 1.49. The molecule has 5 nitrogen and oxygen atoms in total. The van der Waals surface area contributed by atoms with E-state index in [-0.39, 0.29) is 11.6 Å². The summed E-state index contributed by atoms with van der Waals surface area (Å²) in [6.45, 7) is 0. The van der Waals surface area contributed by atoms with Gasteiger partial charge in [-0.25, -0.2) is 0 Å². The van der Waals surface area contributed by atoms with Crippen molar-refractivity contribution in [1.29, 1.82) is 0 Å². The molecule has 0 aliphatic carbocycles. The van der Waals surface area contributed by atoms with Gasteiger partial charge in [-0.2, -0.15) is 0 Å². The van der Waals surface area contributed by atoms with Crippen molar-refractivity contribution in [2.24, 2.45) is 7.05 Å². The highest BCUT2D eigenvalue weighted by Gasteiger charge is 2.18. The van der Waals surface area contributed by atoms with Crippen LogP contribution in [0.15, 0.2) is 27.7 Å². The van der Waals surface area contributed by atoms with Gasteiger partial charge in [0, 0.05) is 7.05 Å². The molecule has 0 spiro atoms. The Balaban J connectivity index is 2.44. The van der Waals surface area contributed by atoms with E-state index in [0.717, 1.165) is 0 Å². The molecule has 0 unspecified atom stereocenters. The van der Waals surface area contributed by atoms with Crippen LogP contribution in [0.3, 0.4) is 0 Å². The molecule has 6 heteroatoms. The van der Waals surface area contributed by atoms with Gasteiger partial charge >= 0.3 is 0 Å². The third-order valence-corrected chi connectivity index (χ3v) is 2.39. The first-order valence-corrected chi connectivity index (χ1v) is 4.61. The molecule has 2 aromatic heterocycles. The normalized spacial score (nSPS) is 10.4. The maximum Gasteiger partial charge on any atom is 0.234 e. The molecule has 0 N–H and O–H groups in total. The first-order chi connectivity index (χ1) is 6.70. The minimum absolute atomic E-state index is 0.217. The maximum atomic E-state index is 11.8. The van der Waals surface area contributed by atoms with Crippen LogP contribution < -0.4 is 0 Å².